The molecule has 0 atom stereocenters. The average Bonchev–Trinajstić information content (AvgIpc) is 2.89. The molecule has 3 N–H and O–H groups in total. The lowest BCUT2D eigenvalue weighted by Gasteiger charge is -2.07. The van der Waals surface area contributed by atoms with E-state index in [9.17, 15) is 0 Å². The summed E-state index contributed by atoms with van der Waals surface area (Å²) in [7, 11) is 0. The normalized spacial score (nSPS) is 11.0. The lowest BCUT2D eigenvalue weighted by Crippen LogP contribution is -2.15. The zero-order valence-corrected chi connectivity index (χ0v) is 12.4. The van der Waals surface area contributed by atoms with Gasteiger partial charge in [0.1, 0.15) is 5.82 Å². The van der Waals surface area contributed by atoms with Crippen molar-refractivity contribution >= 4 is 23.1 Å². The van der Waals surface area contributed by atoms with Crippen molar-refractivity contribution in [1.29, 1.82) is 0 Å². The van der Waals surface area contributed by atoms with E-state index in [4.69, 9.17) is 17.3 Å². The zero-order valence-electron chi connectivity index (χ0n) is 11.7. The molecule has 2 heterocycles. The third-order valence-electron chi connectivity index (χ3n) is 3.15. The van der Waals surface area contributed by atoms with E-state index in [0.717, 1.165) is 28.4 Å². The first-order valence-electron chi connectivity index (χ1n) is 6.74. The first-order valence-corrected chi connectivity index (χ1v) is 7.12. The van der Waals surface area contributed by atoms with Crippen LogP contribution in [0.4, 0.5) is 5.82 Å². The van der Waals surface area contributed by atoms with Crippen molar-refractivity contribution in [1.82, 2.24) is 14.6 Å². The second kappa shape index (κ2) is 5.71. The Morgan fingerprint density at radius 2 is 2.00 bits per heavy atom. The lowest BCUT2D eigenvalue weighted by molar-refractivity contribution is 0.911. The number of halogens is 1. The highest BCUT2D eigenvalue weighted by Crippen LogP contribution is 2.23. The van der Waals surface area contributed by atoms with Crippen LogP contribution in [0.2, 0.25) is 5.02 Å². The number of nitrogens with one attached hydrogen (secondary N) is 1. The number of aryl methyl sites for hydroxylation is 1. The van der Waals surface area contributed by atoms with E-state index in [1.165, 1.54) is 0 Å². The predicted octanol–water partition coefficient (Wildman–Crippen LogP) is 2.73. The van der Waals surface area contributed by atoms with Gasteiger partial charge in [0, 0.05) is 41.5 Å². The molecule has 0 saturated carbocycles. The molecule has 3 rings (SSSR count). The highest BCUT2D eigenvalue weighted by Gasteiger charge is 2.09. The topological polar surface area (TPSA) is 68.2 Å². The molecule has 108 valence electrons. The summed E-state index contributed by atoms with van der Waals surface area (Å²) in [5.74, 6) is 0.892. The molecular weight excluding hydrogens is 286 g/mol. The fraction of sp³-hybridized carbons (Fsp3) is 0.200. The van der Waals surface area contributed by atoms with Gasteiger partial charge < -0.3 is 11.1 Å². The van der Waals surface area contributed by atoms with Gasteiger partial charge in [-0.05, 0) is 19.1 Å². The van der Waals surface area contributed by atoms with Crippen LogP contribution >= 0.6 is 11.6 Å². The molecule has 0 amide bonds. The van der Waals surface area contributed by atoms with Crippen LogP contribution in [0.5, 0.6) is 0 Å². The Balaban J connectivity index is 2.08. The number of fused-ring (bicyclic) bond motifs is 1. The third-order valence-corrected chi connectivity index (χ3v) is 3.40. The van der Waals surface area contributed by atoms with E-state index in [0.29, 0.717) is 18.1 Å². The highest BCUT2D eigenvalue weighted by atomic mass is 35.5. The van der Waals surface area contributed by atoms with Crippen molar-refractivity contribution in [2.24, 2.45) is 5.73 Å². The van der Waals surface area contributed by atoms with Crippen LogP contribution in [0.3, 0.4) is 0 Å². The fourth-order valence-electron chi connectivity index (χ4n) is 2.19. The van der Waals surface area contributed by atoms with Crippen LogP contribution in [0, 0.1) is 6.92 Å². The summed E-state index contributed by atoms with van der Waals surface area (Å²) in [4.78, 5) is 4.51. The van der Waals surface area contributed by atoms with Crippen molar-refractivity contribution in [3.63, 3.8) is 0 Å². The standard InChI is InChI=1S/C15H16ClN5/c1-10-8-14(18-7-6-17)21-15(19-10)9-13(20-21)11-2-4-12(16)5-3-11/h2-5,8-9,18H,6-7,17H2,1H3. The smallest absolute Gasteiger partial charge is 0.158 e. The van der Waals surface area contributed by atoms with Gasteiger partial charge in [0.15, 0.2) is 5.65 Å². The molecule has 21 heavy (non-hydrogen) atoms. The molecule has 0 spiro atoms. The van der Waals surface area contributed by atoms with E-state index < -0.39 is 0 Å². The van der Waals surface area contributed by atoms with Gasteiger partial charge in [-0.15, -0.1) is 0 Å². The average molecular weight is 302 g/mol. The second-order valence-electron chi connectivity index (χ2n) is 4.80. The maximum absolute atomic E-state index is 5.92. The molecule has 0 aliphatic heterocycles. The first kappa shape index (κ1) is 13.9. The largest absolute Gasteiger partial charge is 0.369 e. The number of hydrogen-bond acceptors (Lipinski definition) is 4. The Bertz CT molecular complexity index is 764. The minimum atomic E-state index is 0.564. The first-order chi connectivity index (χ1) is 10.2. The van der Waals surface area contributed by atoms with Gasteiger partial charge in [0.25, 0.3) is 0 Å². The minimum Gasteiger partial charge on any atom is -0.369 e. The number of benzene rings is 1. The summed E-state index contributed by atoms with van der Waals surface area (Å²) >= 11 is 5.92. The van der Waals surface area contributed by atoms with Crippen molar-refractivity contribution in [3.8, 4) is 11.3 Å². The summed E-state index contributed by atoms with van der Waals surface area (Å²) in [6, 6.07) is 11.5. The van der Waals surface area contributed by atoms with E-state index >= 15 is 0 Å². The molecule has 0 unspecified atom stereocenters. The van der Waals surface area contributed by atoms with Crippen LogP contribution in [0.1, 0.15) is 5.69 Å². The third kappa shape index (κ3) is 2.84. The fourth-order valence-corrected chi connectivity index (χ4v) is 2.31. The summed E-state index contributed by atoms with van der Waals surface area (Å²) in [5.41, 5.74) is 9.16. The number of anilines is 1. The van der Waals surface area contributed by atoms with Crippen molar-refractivity contribution in [3.05, 3.63) is 47.1 Å². The molecule has 6 heteroatoms. The number of aromatic nitrogens is 3. The number of nitrogens with zero attached hydrogens (tertiary/aromatic N) is 3. The summed E-state index contributed by atoms with van der Waals surface area (Å²) in [6.07, 6.45) is 0. The molecule has 5 nitrogen and oxygen atoms in total. The lowest BCUT2D eigenvalue weighted by atomic mass is 10.2. The molecule has 0 saturated heterocycles. The van der Waals surface area contributed by atoms with Crippen LogP contribution in [-0.2, 0) is 0 Å². The van der Waals surface area contributed by atoms with Gasteiger partial charge in [-0.3, -0.25) is 0 Å². The van der Waals surface area contributed by atoms with Gasteiger partial charge in [-0.2, -0.15) is 9.61 Å². The second-order valence-corrected chi connectivity index (χ2v) is 5.24. The number of nitrogens with two attached hydrogens (primary N) is 1. The van der Waals surface area contributed by atoms with Gasteiger partial charge in [-0.25, -0.2) is 4.98 Å². The van der Waals surface area contributed by atoms with Crippen LogP contribution in [0.25, 0.3) is 16.9 Å². The Hall–Kier alpha value is -2.11. The van der Waals surface area contributed by atoms with E-state index in [1.54, 1.807) is 4.52 Å². The molecule has 0 fully saturated rings. The molecule has 1 aromatic carbocycles. The predicted molar refractivity (Wildman–Crippen MR) is 85.7 cm³/mol. The Morgan fingerprint density at radius 3 is 2.71 bits per heavy atom. The van der Waals surface area contributed by atoms with Crippen LogP contribution < -0.4 is 11.1 Å². The number of rotatable bonds is 4. The molecule has 0 bridgehead atoms. The van der Waals surface area contributed by atoms with Crippen molar-refractivity contribution < 1.29 is 0 Å². The Labute approximate surface area is 127 Å². The van der Waals surface area contributed by atoms with E-state index in [1.807, 2.05) is 43.3 Å². The molecule has 2 aromatic heterocycles. The Kier molecular flexibility index (Phi) is 3.77. The van der Waals surface area contributed by atoms with Crippen LogP contribution in [0.15, 0.2) is 36.4 Å². The van der Waals surface area contributed by atoms with Crippen LogP contribution in [-0.4, -0.2) is 27.7 Å². The maximum atomic E-state index is 5.92. The zero-order chi connectivity index (χ0) is 14.8. The molecule has 0 aliphatic carbocycles. The molecule has 3 aromatic rings. The molecule has 0 radical (unpaired) electrons. The van der Waals surface area contributed by atoms with Gasteiger partial charge >= 0.3 is 0 Å². The van der Waals surface area contributed by atoms with E-state index in [-0.39, 0.29) is 0 Å². The SMILES string of the molecule is Cc1cc(NCCN)n2nc(-c3ccc(Cl)cc3)cc2n1. The summed E-state index contributed by atoms with van der Waals surface area (Å²) < 4.78 is 1.80. The minimum absolute atomic E-state index is 0.564. The van der Waals surface area contributed by atoms with Crippen molar-refractivity contribution in [2.75, 3.05) is 18.4 Å². The highest BCUT2D eigenvalue weighted by molar-refractivity contribution is 6.30. The van der Waals surface area contributed by atoms with Crippen molar-refractivity contribution in [2.45, 2.75) is 6.92 Å². The summed E-state index contributed by atoms with van der Waals surface area (Å²) in [5, 5.41) is 8.59. The van der Waals surface area contributed by atoms with Gasteiger partial charge in [0.05, 0.1) is 5.69 Å². The number of hydrogen-bond donors (Lipinski definition) is 2. The molecular formula is C15H16ClN5. The quantitative estimate of drug-likeness (QED) is 0.777. The maximum Gasteiger partial charge on any atom is 0.158 e. The van der Waals surface area contributed by atoms with Gasteiger partial charge in [0.2, 0.25) is 0 Å². The van der Waals surface area contributed by atoms with E-state index in [2.05, 4.69) is 15.4 Å². The monoisotopic (exact) mass is 301 g/mol. The summed E-state index contributed by atoms with van der Waals surface area (Å²) in [6.45, 7) is 3.21. The Morgan fingerprint density at radius 1 is 1.24 bits per heavy atom. The molecule has 0 aliphatic rings. The van der Waals surface area contributed by atoms with Gasteiger partial charge in [-0.1, -0.05) is 23.7 Å².